The molecule has 2 heterocycles. The SMILES string of the molecule is CC(C)(C)OC(=O)N1CCC[C@H](S(=O)(=O)c2nc3ccccc3nc2Cl)C1. The first kappa shape index (κ1) is 19.8. The van der Waals surface area contributed by atoms with Gasteiger partial charge in [-0.25, -0.2) is 23.2 Å². The molecule has 3 rings (SSSR count). The first-order valence-corrected chi connectivity index (χ1v) is 10.6. The fourth-order valence-corrected chi connectivity index (χ4v) is 5.12. The quantitative estimate of drug-likeness (QED) is 0.751. The number of carbonyl (C=O) groups excluding carboxylic acids is 1. The van der Waals surface area contributed by atoms with Crippen molar-refractivity contribution < 1.29 is 17.9 Å². The number of amides is 1. The van der Waals surface area contributed by atoms with Crippen LogP contribution in [0.2, 0.25) is 5.15 Å². The van der Waals surface area contributed by atoms with Crippen molar-refractivity contribution in [3.05, 3.63) is 29.4 Å². The molecule has 1 saturated heterocycles. The van der Waals surface area contributed by atoms with E-state index in [1.165, 1.54) is 4.90 Å². The molecule has 0 N–H and O–H groups in total. The number of fused-ring (bicyclic) bond motifs is 1. The summed E-state index contributed by atoms with van der Waals surface area (Å²) in [6.45, 7) is 5.81. The van der Waals surface area contributed by atoms with E-state index < -0.39 is 26.8 Å². The number of likely N-dealkylation sites (tertiary alicyclic amines) is 1. The molecule has 0 spiro atoms. The zero-order valence-corrected chi connectivity index (χ0v) is 17.0. The minimum Gasteiger partial charge on any atom is -0.444 e. The van der Waals surface area contributed by atoms with E-state index in [-0.39, 0.29) is 16.7 Å². The van der Waals surface area contributed by atoms with Gasteiger partial charge in [-0.05, 0) is 45.7 Å². The second kappa shape index (κ2) is 7.24. The van der Waals surface area contributed by atoms with Crippen molar-refractivity contribution in [3.63, 3.8) is 0 Å². The number of halogens is 1. The molecule has 7 nitrogen and oxygen atoms in total. The van der Waals surface area contributed by atoms with E-state index in [1.807, 2.05) is 0 Å². The molecule has 1 aromatic heterocycles. The number of hydrogen-bond donors (Lipinski definition) is 0. The second-order valence-electron chi connectivity index (χ2n) is 7.54. The van der Waals surface area contributed by atoms with Crippen LogP contribution in [0.5, 0.6) is 0 Å². The zero-order chi connectivity index (χ0) is 19.8. The smallest absolute Gasteiger partial charge is 0.410 e. The number of ether oxygens (including phenoxy) is 1. The molecule has 0 saturated carbocycles. The monoisotopic (exact) mass is 411 g/mol. The maximum Gasteiger partial charge on any atom is 0.410 e. The number of carbonyl (C=O) groups is 1. The summed E-state index contributed by atoms with van der Waals surface area (Å²) in [6, 6.07) is 6.94. The van der Waals surface area contributed by atoms with Crippen LogP contribution in [-0.4, -0.2) is 53.3 Å². The van der Waals surface area contributed by atoms with Crippen LogP contribution in [0, 0.1) is 0 Å². The molecule has 1 atom stereocenters. The minimum absolute atomic E-state index is 0.0437. The van der Waals surface area contributed by atoms with Crippen LogP contribution in [-0.2, 0) is 14.6 Å². The highest BCUT2D eigenvalue weighted by Crippen LogP contribution is 2.28. The molecule has 1 aromatic carbocycles. The van der Waals surface area contributed by atoms with Crippen LogP contribution >= 0.6 is 11.6 Å². The van der Waals surface area contributed by atoms with Gasteiger partial charge in [0.05, 0.1) is 16.3 Å². The van der Waals surface area contributed by atoms with Gasteiger partial charge in [-0.15, -0.1) is 0 Å². The molecule has 0 unspecified atom stereocenters. The summed E-state index contributed by atoms with van der Waals surface area (Å²) in [5, 5.41) is -1.19. The zero-order valence-electron chi connectivity index (χ0n) is 15.5. The minimum atomic E-state index is -3.85. The first-order chi connectivity index (χ1) is 12.6. The highest BCUT2D eigenvalue weighted by molar-refractivity contribution is 7.92. The van der Waals surface area contributed by atoms with Gasteiger partial charge < -0.3 is 9.64 Å². The van der Waals surface area contributed by atoms with Gasteiger partial charge in [0.15, 0.2) is 10.2 Å². The van der Waals surface area contributed by atoms with Crippen molar-refractivity contribution in [3.8, 4) is 0 Å². The molecular weight excluding hydrogens is 390 g/mol. The molecule has 0 aliphatic carbocycles. The van der Waals surface area contributed by atoms with Crippen molar-refractivity contribution in [1.82, 2.24) is 14.9 Å². The van der Waals surface area contributed by atoms with E-state index in [0.717, 1.165) is 0 Å². The lowest BCUT2D eigenvalue weighted by molar-refractivity contribution is 0.0219. The van der Waals surface area contributed by atoms with Gasteiger partial charge in [-0.3, -0.25) is 0 Å². The Kier molecular flexibility index (Phi) is 5.31. The van der Waals surface area contributed by atoms with Crippen LogP contribution in [0.4, 0.5) is 4.79 Å². The molecule has 146 valence electrons. The van der Waals surface area contributed by atoms with Crippen molar-refractivity contribution in [2.24, 2.45) is 0 Å². The number of sulfone groups is 1. The van der Waals surface area contributed by atoms with Crippen LogP contribution in [0.1, 0.15) is 33.6 Å². The van der Waals surface area contributed by atoms with Crippen molar-refractivity contribution >= 4 is 38.6 Å². The number of para-hydroxylation sites is 2. The van der Waals surface area contributed by atoms with Crippen LogP contribution in [0.15, 0.2) is 29.3 Å². The molecule has 1 fully saturated rings. The summed E-state index contributed by atoms with van der Waals surface area (Å²) in [6.07, 6.45) is 0.465. The van der Waals surface area contributed by atoms with Gasteiger partial charge in [0.2, 0.25) is 9.84 Å². The Morgan fingerprint density at radius 2 is 1.85 bits per heavy atom. The van der Waals surface area contributed by atoms with E-state index in [4.69, 9.17) is 16.3 Å². The highest BCUT2D eigenvalue weighted by atomic mass is 35.5. The first-order valence-electron chi connectivity index (χ1n) is 8.72. The summed E-state index contributed by atoms with van der Waals surface area (Å²) >= 11 is 6.14. The van der Waals surface area contributed by atoms with Crippen molar-refractivity contribution in [1.29, 1.82) is 0 Å². The third-order valence-electron chi connectivity index (χ3n) is 4.24. The summed E-state index contributed by atoms with van der Waals surface area (Å²) < 4.78 is 31.6. The fraction of sp³-hybridized carbons (Fsp3) is 0.500. The van der Waals surface area contributed by atoms with E-state index in [2.05, 4.69) is 9.97 Å². The van der Waals surface area contributed by atoms with E-state index >= 15 is 0 Å². The average molecular weight is 412 g/mol. The maximum atomic E-state index is 13.1. The Morgan fingerprint density at radius 3 is 2.48 bits per heavy atom. The van der Waals surface area contributed by atoms with Crippen molar-refractivity contribution in [2.75, 3.05) is 13.1 Å². The Balaban J connectivity index is 1.88. The standard InChI is InChI=1S/C18H22ClN3O4S/c1-18(2,3)26-17(23)22-10-6-7-12(11-22)27(24,25)16-15(19)20-13-8-4-5-9-14(13)21-16/h4-5,8-9,12H,6-7,10-11H2,1-3H3/t12-/m0/s1. The molecule has 1 aliphatic heterocycles. The third kappa shape index (κ3) is 4.32. The highest BCUT2D eigenvalue weighted by Gasteiger charge is 2.37. The molecule has 27 heavy (non-hydrogen) atoms. The van der Waals surface area contributed by atoms with E-state index in [9.17, 15) is 13.2 Å². The molecule has 1 aliphatic rings. The Bertz CT molecular complexity index is 972. The summed E-state index contributed by atoms with van der Waals surface area (Å²) in [4.78, 5) is 22.1. The molecule has 9 heteroatoms. The van der Waals surface area contributed by atoms with Crippen LogP contribution in [0.25, 0.3) is 11.0 Å². The fourth-order valence-electron chi connectivity index (χ4n) is 2.99. The topological polar surface area (TPSA) is 89.5 Å². The van der Waals surface area contributed by atoms with Gasteiger partial charge in [-0.2, -0.15) is 0 Å². The Hall–Kier alpha value is -1.93. The maximum absolute atomic E-state index is 13.1. The number of aromatic nitrogens is 2. The molecular formula is C18H22ClN3O4S. The predicted molar refractivity (Wildman–Crippen MR) is 103 cm³/mol. The van der Waals surface area contributed by atoms with Crippen LogP contribution < -0.4 is 0 Å². The van der Waals surface area contributed by atoms with E-state index in [1.54, 1.807) is 45.0 Å². The van der Waals surface area contributed by atoms with Gasteiger partial charge in [0, 0.05) is 13.1 Å². The molecule has 2 aromatic rings. The lowest BCUT2D eigenvalue weighted by atomic mass is 10.1. The average Bonchev–Trinajstić information content (AvgIpc) is 2.59. The van der Waals surface area contributed by atoms with E-state index in [0.29, 0.717) is 30.4 Å². The molecule has 1 amide bonds. The molecule has 0 radical (unpaired) electrons. The summed E-state index contributed by atoms with van der Waals surface area (Å²) in [7, 11) is -3.85. The lowest BCUT2D eigenvalue weighted by Gasteiger charge is -2.33. The predicted octanol–water partition coefficient (Wildman–Crippen LogP) is 3.46. The third-order valence-corrected chi connectivity index (χ3v) is 6.70. The number of nitrogens with zero attached hydrogens (tertiary/aromatic N) is 3. The van der Waals surface area contributed by atoms with Gasteiger partial charge in [0.25, 0.3) is 0 Å². The number of hydrogen-bond acceptors (Lipinski definition) is 6. The largest absolute Gasteiger partial charge is 0.444 e. The summed E-state index contributed by atoms with van der Waals surface area (Å²) in [5.41, 5.74) is 0.344. The Morgan fingerprint density at radius 1 is 1.22 bits per heavy atom. The normalized spacial score (nSPS) is 18.5. The molecule has 0 bridgehead atoms. The van der Waals surface area contributed by atoms with Gasteiger partial charge >= 0.3 is 6.09 Å². The number of piperidine rings is 1. The lowest BCUT2D eigenvalue weighted by Crippen LogP contribution is -2.47. The van der Waals surface area contributed by atoms with Crippen molar-refractivity contribution in [2.45, 2.75) is 49.5 Å². The van der Waals surface area contributed by atoms with Gasteiger partial charge in [0.1, 0.15) is 5.60 Å². The van der Waals surface area contributed by atoms with Gasteiger partial charge in [-0.1, -0.05) is 23.7 Å². The summed E-state index contributed by atoms with van der Waals surface area (Å²) in [5.74, 6) is 0. The number of rotatable bonds is 2. The Labute approximate surface area is 163 Å². The number of benzene rings is 1. The second-order valence-corrected chi connectivity index (χ2v) is 10.0. The van der Waals surface area contributed by atoms with Crippen LogP contribution in [0.3, 0.4) is 0 Å².